The van der Waals surface area contributed by atoms with Crippen LogP contribution >= 0.6 is 0 Å². The maximum absolute atomic E-state index is 5.95. The van der Waals surface area contributed by atoms with Crippen LogP contribution in [0.3, 0.4) is 0 Å². The second-order valence-corrected chi connectivity index (χ2v) is 5.22. The Morgan fingerprint density at radius 2 is 2.50 bits per heavy atom. The van der Waals surface area contributed by atoms with Gasteiger partial charge >= 0.3 is 0 Å². The van der Waals surface area contributed by atoms with Gasteiger partial charge in [0, 0.05) is 44.5 Å². The second-order valence-electron chi connectivity index (χ2n) is 5.22. The Hall–Kier alpha value is -0.910. The number of aromatic nitrogens is 2. The van der Waals surface area contributed by atoms with E-state index in [1.807, 2.05) is 17.9 Å². The molecule has 2 unspecified atom stereocenters. The molecule has 0 bridgehead atoms. The molecule has 102 valence electrons. The lowest BCUT2D eigenvalue weighted by atomic mass is 9.92. The van der Waals surface area contributed by atoms with Crippen LogP contribution in [-0.4, -0.2) is 47.5 Å². The Labute approximate surface area is 109 Å². The van der Waals surface area contributed by atoms with Gasteiger partial charge in [0.2, 0.25) is 0 Å². The van der Waals surface area contributed by atoms with Gasteiger partial charge in [0.25, 0.3) is 0 Å². The van der Waals surface area contributed by atoms with Crippen LogP contribution in [0.2, 0.25) is 0 Å². The number of nitrogens with two attached hydrogens (primary N) is 1. The summed E-state index contributed by atoms with van der Waals surface area (Å²) < 4.78 is 7.41. The molecule has 0 radical (unpaired) electrons. The first kappa shape index (κ1) is 13.5. The number of rotatable bonds is 5. The fraction of sp³-hybridized carbons (Fsp3) is 0.769. The van der Waals surface area contributed by atoms with Gasteiger partial charge in [-0.05, 0) is 25.8 Å². The molecule has 0 aliphatic carbocycles. The van der Waals surface area contributed by atoms with E-state index in [0.29, 0.717) is 18.5 Å². The van der Waals surface area contributed by atoms with Crippen LogP contribution in [-0.2, 0) is 18.3 Å². The predicted molar refractivity (Wildman–Crippen MR) is 71.1 cm³/mol. The molecule has 0 aromatic carbocycles. The van der Waals surface area contributed by atoms with Crippen molar-refractivity contribution in [1.82, 2.24) is 14.7 Å². The zero-order chi connectivity index (χ0) is 13.0. The molecular formula is C13H24N4O. The van der Waals surface area contributed by atoms with Gasteiger partial charge in [0.15, 0.2) is 0 Å². The first-order valence-corrected chi connectivity index (χ1v) is 6.66. The molecule has 0 spiro atoms. The van der Waals surface area contributed by atoms with Gasteiger partial charge in [-0.1, -0.05) is 0 Å². The molecule has 1 fully saturated rings. The van der Waals surface area contributed by atoms with Crippen LogP contribution < -0.4 is 5.73 Å². The summed E-state index contributed by atoms with van der Waals surface area (Å²) in [7, 11) is 4.08. The Balaban J connectivity index is 1.93. The molecule has 1 aliphatic heterocycles. The lowest BCUT2D eigenvalue weighted by molar-refractivity contribution is 0.0156. The van der Waals surface area contributed by atoms with Crippen LogP contribution in [0.15, 0.2) is 12.4 Å². The SMILES string of the molecule is CN(Cc1cnn(C)c1)C(CN)C1CCCOC1. The summed E-state index contributed by atoms with van der Waals surface area (Å²) in [6, 6.07) is 0.394. The van der Waals surface area contributed by atoms with E-state index in [1.165, 1.54) is 12.0 Å². The summed E-state index contributed by atoms with van der Waals surface area (Å²) in [6.45, 7) is 3.33. The van der Waals surface area contributed by atoms with Gasteiger partial charge in [0.05, 0.1) is 12.8 Å². The van der Waals surface area contributed by atoms with E-state index in [9.17, 15) is 0 Å². The van der Waals surface area contributed by atoms with E-state index in [0.717, 1.165) is 26.2 Å². The Morgan fingerprint density at radius 3 is 3.06 bits per heavy atom. The van der Waals surface area contributed by atoms with E-state index in [-0.39, 0.29) is 0 Å². The van der Waals surface area contributed by atoms with E-state index in [1.54, 1.807) is 0 Å². The van der Waals surface area contributed by atoms with Gasteiger partial charge in [-0.25, -0.2) is 0 Å². The standard InChI is InChI=1S/C13H24N4O/c1-16(8-11-7-15-17(2)9-11)13(6-14)12-4-3-5-18-10-12/h7,9,12-13H,3-6,8,10,14H2,1-2H3. The second kappa shape index (κ2) is 6.31. The van der Waals surface area contributed by atoms with Crippen molar-refractivity contribution in [2.45, 2.75) is 25.4 Å². The normalized spacial score (nSPS) is 22.3. The lowest BCUT2D eigenvalue weighted by Crippen LogP contribution is -2.45. The van der Waals surface area contributed by atoms with Crippen LogP contribution in [0, 0.1) is 5.92 Å². The topological polar surface area (TPSA) is 56.3 Å². The number of ether oxygens (including phenoxy) is 1. The minimum absolute atomic E-state index is 0.394. The molecule has 2 N–H and O–H groups in total. The van der Waals surface area contributed by atoms with Gasteiger partial charge in [-0.15, -0.1) is 0 Å². The van der Waals surface area contributed by atoms with E-state index in [4.69, 9.17) is 10.5 Å². The Morgan fingerprint density at radius 1 is 1.67 bits per heavy atom. The average molecular weight is 252 g/mol. The number of nitrogens with zero attached hydrogens (tertiary/aromatic N) is 3. The van der Waals surface area contributed by atoms with Crippen molar-refractivity contribution in [2.24, 2.45) is 18.7 Å². The summed E-state index contributed by atoms with van der Waals surface area (Å²) in [5.41, 5.74) is 7.18. The van der Waals surface area contributed by atoms with Crippen LogP contribution in [0.25, 0.3) is 0 Å². The quantitative estimate of drug-likeness (QED) is 0.834. The third-order valence-electron chi connectivity index (χ3n) is 3.74. The minimum atomic E-state index is 0.394. The summed E-state index contributed by atoms with van der Waals surface area (Å²) in [4.78, 5) is 2.33. The van der Waals surface area contributed by atoms with E-state index >= 15 is 0 Å². The molecule has 18 heavy (non-hydrogen) atoms. The number of aryl methyl sites for hydroxylation is 1. The van der Waals surface area contributed by atoms with Gasteiger partial charge in [-0.3, -0.25) is 9.58 Å². The molecule has 1 aromatic rings. The van der Waals surface area contributed by atoms with Crippen molar-refractivity contribution in [1.29, 1.82) is 0 Å². The van der Waals surface area contributed by atoms with Gasteiger partial charge in [-0.2, -0.15) is 5.10 Å². The fourth-order valence-corrected chi connectivity index (χ4v) is 2.76. The van der Waals surface area contributed by atoms with Gasteiger partial charge < -0.3 is 10.5 Å². The summed E-state index contributed by atoms with van der Waals surface area (Å²) in [6.07, 6.45) is 6.35. The summed E-state index contributed by atoms with van der Waals surface area (Å²) in [5.74, 6) is 0.561. The van der Waals surface area contributed by atoms with Crippen molar-refractivity contribution < 1.29 is 4.74 Å². The molecule has 2 atom stereocenters. The molecule has 0 saturated carbocycles. The average Bonchev–Trinajstić information content (AvgIpc) is 2.77. The highest BCUT2D eigenvalue weighted by molar-refractivity contribution is 5.03. The molecule has 1 aromatic heterocycles. The molecule has 5 heteroatoms. The zero-order valence-electron chi connectivity index (χ0n) is 11.4. The van der Waals surface area contributed by atoms with Crippen molar-refractivity contribution in [2.75, 3.05) is 26.8 Å². The zero-order valence-corrected chi connectivity index (χ0v) is 11.4. The molecule has 1 aliphatic rings. The van der Waals surface area contributed by atoms with Crippen LogP contribution in [0.4, 0.5) is 0 Å². The number of hydrogen-bond acceptors (Lipinski definition) is 4. The van der Waals surface area contributed by atoms with E-state index in [2.05, 4.69) is 23.2 Å². The maximum atomic E-state index is 5.95. The number of hydrogen-bond donors (Lipinski definition) is 1. The number of likely N-dealkylation sites (N-methyl/N-ethyl adjacent to an activating group) is 1. The Bertz CT molecular complexity index is 360. The third kappa shape index (κ3) is 3.31. The van der Waals surface area contributed by atoms with Crippen LogP contribution in [0.1, 0.15) is 18.4 Å². The lowest BCUT2D eigenvalue weighted by Gasteiger charge is -2.35. The van der Waals surface area contributed by atoms with Crippen LogP contribution in [0.5, 0.6) is 0 Å². The van der Waals surface area contributed by atoms with Gasteiger partial charge in [0.1, 0.15) is 0 Å². The maximum Gasteiger partial charge on any atom is 0.0534 e. The van der Waals surface area contributed by atoms with E-state index < -0.39 is 0 Å². The van der Waals surface area contributed by atoms with Crippen molar-refractivity contribution in [3.05, 3.63) is 18.0 Å². The highest BCUT2D eigenvalue weighted by Crippen LogP contribution is 2.21. The molecular weight excluding hydrogens is 228 g/mol. The first-order chi connectivity index (χ1) is 8.70. The molecule has 2 rings (SSSR count). The van der Waals surface area contributed by atoms with Crippen molar-refractivity contribution >= 4 is 0 Å². The molecule has 0 amide bonds. The van der Waals surface area contributed by atoms with Crippen molar-refractivity contribution in [3.8, 4) is 0 Å². The fourth-order valence-electron chi connectivity index (χ4n) is 2.76. The van der Waals surface area contributed by atoms with Crippen molar-refractivity contribution in [3.63, 3.8) is 0 Å². The minimum Gasteiger partial charge on any atom is -0.381 e. The summed E-state index contributed by atoms with van der Waals surface area (Å²) >= 11 is 0. The molecule has 1 saturated heterocycles. The predicted octanol–water partition coefficient (Wildman–Crippen LogP) is 0.606. The molecule has 2 heterocycles. The smallest absolute Gasteiger partial charge is 0.0534 e. The summed E-state index contributed by atoms with van der Waals surface area (Å²) in [5, 5.41) is 4.20. The highest BCUT2D eigenvalue weighted by atomic mass is 16.5. The molecule has 5 nitrogen and oxygen atoms in total. The third-order valence-corrected chi connectivity index (χ3v) is 3.74. The first-order valence-electron chi connectivity index (χ1n) is 6.66. The highest BCUT2D eigenvalue weighted by Gasteiger charge is 2.26. The largest absolute Gasteiger partial charge is 0.381 e. The monoisotopic (exact) mass is 252 g/mol. The Kier molecular flexibility index (Phi) is 4.74.